The lowest BCUT2D eigenvalue weighted by molar-refractivity contribution is 0.0702. The Kier molecular flexibility index (Phi) is 2.40. The zero-order valence-electron chi connectivity index (χ0n) is 7.65. The van der Waals surface area contributed by atoms with E-state index in [1.807, 2.05) is 0 Å². The highest BCUT2D eigenvalue weighted by Crippen LogP contribution is 2.29. The van der Waals surface area contributed by atoms with E-state index in [-0.39, 0.29) is 10.4 Å². The Morgan fingerprint density at radius 1 is 1.60 bits per heavy atom. The lowest BCUT2D eigenvalue weighted by Gasteiger charge is -1.98. The van der Waals surface area contributed by atoms with Crippen LogP contribution < -0.4 is 5.56 Å². The van der Waals surface area contributed by atoms with Gasteiger partial charge in [0.05, 0.1) is 14.6 Å². The number of hydrogen-bond donors (Lipinski definition) is 1. The summed E-state index contributed by atoms with van der Waals surface area (Å²) in [6.45, 7) is 0. The molecular weight excluding hydrogens is 282 g/mol. The normalized spacial score (nSPS) is 10.8. The smallest absolute Gasteiger partial charge is 0.345 e. The molecule has 0 radical (unpaired) electrons. The van der Waals surface area contributed by atoms with Crippen molar-refractivity contribution in [3.8, 4) is 0 Å². The summed E-state index contributed by atoms with van der Waals surface area (Å²) in [5, 5.41) is 9.26. The maximum absolute atomic E-state index is 11.7. The number of aromatic nitrogens is 1. The summed E-state index contributed by atoms with van der Waals surface area (Å²) in [5.41, 5.74) is -0.183. The van der Waals surface area contributed by atoms with Gasteiger partial charge in [-0.2, -0.15) is 0 Å². The summed E-state index contributed by atoms with van der Waals surface area (Å²) in [5.74, 6) is -1.01. The standard InChI is InChI=1S/C9H6BrNO3S/c1-11-3-5(10)7-4(8(11)12)2-6(15-7)9(13)14/h2-3H,1H3,(H,13,14). The SMILES string of the molecule is Cn1cc(Br)c2sc(C(=O)O)cc2c1=O. The average Bonchev–Trinajstić information content (AvgIpc) is 2.59. The number of aromatic carboxylic acids is 1. The van der Waals surface area contributed by atoms with Gasteiger partial charge in [-0.3, -0.25) is 4.79 Å². The van der Waals surface area contributed by atoms with Crippen molar-refractivity contribution in [1.29, 1.82) is 0 Å². The maximum atomic E-state index is 11.7. The van der Waals surface area contributed by atoms with Gasteiger partial charge in [-0.15, -0.1) is 11.3 Å². The molecule has 4 nitrogen and oxygen atoms in total. The van der Waals surface area contributed by atoms with Gasteiger partial charge in [-0.05, 0) is 22.0 Å². The van der Waals surface area contributed by atoms with Crippen molar-refractivity contribution in [3.05, 3.63) is 32.0 Å². The average molecular weight is 288 g/mol. The maximum Gasteiger partial charge on any atom is 0.345 e. The highest BCUT2D eigenvalue weighted by Gasteiger charge is 2.13. The molecule has 0 aliphatic rings. The first kappa shape index (κ1) is 10.4. The van der Waals surface area contributed by atoms with Crippen molar-refractivity contribution in [2.45, 2.75) is 0 Å². The Morgan fingerprint density at radius 2 is 2.27 bits per heavy atom. The third-order valence-corrected chi connectivity index (χ3v) is 4.04. The molecule has 2 aromatic heterocycles. The Balaban J connectivity index is 2.92. The van der Waals surface area contributed by atoms with Crippen LogP contribution in [0, 0.1) is 0 Å². The van der Waals surface area contributed by atoms with Crippen molar-refractivity contribution in [3.63, 3.8) is 0 Å². The summed E-state index contributed by atoms with van der Waals surface area (Å²) in [7, 11) is 1.63. The molecule has 2 aromatic rings. The quantitative estimate of drug-likeness (QED) is 0.873. The van der Waals surface area contributed by atoms with E-state index >= 15 is 0 Å². The van der Waals surface area contributed by atoms with Crippen molar-refractivity contribution in [1.82, 2.24) is 4.57 Å². The van der Waals surface area contributed by atoms with Gasteiger partial charge in [-0.25, -0.2) is 4.79 Å². The van der Waals surface area contributed by atoms with Gasteiger partial charge < -0.3 is 9.67 Å². The van der Waals surface area contributed by atoms with Gasteiger partial charge in [-0.1, -0.05) is 0 Å². The minimum Gasteiger partial charge on any atom is -0.477 e. The van der Waals surface area contributed by atoms with Crippen LogP contribution in [0.25, 0.3) is 10.1 Å². The summed E-state index contributed by atoms with van der Waals surface area (Å²) >= 11 is 4.40. The minimum atomic E-state index is -1.01. The van der Waals surface area contributed by atoms with E-state index in [0.717, 1.165) is 15.8 Å². The van der Waals surface area contributed by atoms with E-state index in [1.54, 1.807) is 13.2 Å². The van der Waals surface area contributed by atoms with E-state index in [4.69, 9.17) is 5.11 Å². The van der Waals surface area contributed by atoms with Crippen molar-refractivity contribution in [2.24, 2.45) is 7.05 Å². The predicted molar refractivity (Wildman–Crippen MR) is 61.7 cm³/mol. The molecule has 78 valence electrons. The molecule has 0 amide bonds. The first-order valence-electron chi connectivity index (χ1n) is 4.02. The Hall–Kier alpha value is -1.14. The summed E-state index contributed by atoms with van der Waals surface area (Å²) < 4.78 is 2.83. The molecule has 0 saturated carbocycles. The molecule has 0 aliphatic carbocycles. The third-order valence-electron chi connectivity index (χ3n) is 2.02. The molecule has 15 heavy (non-hydrogen) atoms. The van der Waals surface area contributed by atoms with Crippen molar-refractivity contribution < 1.29 is 9.90 Å². The number of rotatable bonds is 1. The van der Waals surface area contributed by atoms with Crippen LogP contribution in [-0.4, -0.2) is 15.6 Å². The number of fused-ring (bicyclic) bond motifs is 1. The number of pyridine rings is 1. The zero-order chi connectivity index (χ0) is 11.2. The van der Waals surface area contributed by atoms with Crippen LogP contribution in [0.5, 0.6) is 0 Å². The zero-order valence-corrected chi connectivity index (χ0v) is 10.1. The highest BCUT2D eigenvalue weighted by atomic mass is 79.9. The van der Waals surface area contributed by atoms with Crippen LogP contribution >= 0.6 is 27.3 Å². The van der Waals surface area contributed by atoms with E-state index in [9.17, 15) is 9.59 Å². The van der Waals surface area contributed by atoms with Crippen LogP contribution in [0.2, 0.25) is 0 Å². The van der Waals surface area contributed by atoms with Gasteiger partial charge in [0.15, 0.2) is 0 Å². The fourth-order valence-corrected chi connectivity index (χ4v) is 2.96. The summed E-state index contributed by atoms with van der Waals surface area (Å²) in [4.78, 5) is 22.6. The third kappa shape index (κ3) is 1.59. The van der Waals surface area contributed by atoms with Gasteiger partial charge in [0.1, 0.15) is 4.88 Å². The molecule has 2 rings (SSSR count). The van der Waals surface area contributed by atoms with Crippen LogP contribution in [-0.2, 0) is 7.05 Å². The van der Waals surface area contributed by atoms with Gasteiger partial charge in [0, 0.05) is 13.2 Å². The van der Waals surface area contributed by atoms with Crippen LogP contribution in [0.15, 0.2) is 21.5 Å². The largest absolute Gasteiger partial charge is 0.477 e. The van der Waals surface area contributed by atoms with E-state index in [1.165, 1.54) is 10.6 Å². The number of carbonyl (C=O) groups is 1. The summed E-state index contributed by atoms with van der Waals surface area (Å²) in [6.07, 6.45) is 1.63. The number of aryl methyl sites for hydroxylation is 1. The van der Waals surface area contributed by atoms with Crippen LogP contribution in [0.3, 0.4) is 0 Å². The van der Waals surface area contributed by atoms with Gasteiger partial charge in [0.2, 0.25) is 0 Å². The molecule has 0 aromatic carbocycles. The molecule has 0 fully saturated rings. The van der Waals surface area contributed by atoms with E-state index in [2.05, 4.69) is 15.9 Å². The number of halogens is 1. The number of hydrogen-bond acceptors (Lipinski definition) is 3. The van der Waals surface area contributed by atoms with Crippen molar-refractivity contribution in [2.75, 3.05) is 0 Å². The molecule has 2 heterocycles. The number of carboxylic acid groups (broad SMARTS) is 1. The van der Waals surface area contributed by atoms with E-state index in [0.29, 0.717) is 10.1 Å². The molecule has 0 saturated heterocycles. The molecule has 0 unspecified atom stereocenters. The summed E-state index contributed by atoms with van der Waals surface area (Å²) in [6, 6.07) is 1.41. The molecule has 0 bridgehead atoms. The Bertz CT molecular complexity index is 614. The molecule has 6 heteroatoms. The minimum absolute atomic E-state index is 0.175. The number of carboxylic acids is 1. The first-order chi connectivity index (χ1) is 7.00. The van der Waals surface area contributed by atoms with Gasteiger partial charge in [0.25, 0.3) is 5.56 Å². The van der Waals surface area contributed by atoms with Gasteiger partial charge >= 0.3 is 5.97 Å². The lowest BCUT2D eigenvalue weighted by Crippen LogP contribution is -2.15. The lowest BCUT2D eigenvalue weighted by atomic mass is 10.3. The molecule has 0 spiro atoms. The topological polar surface area (TPSA) is 59.3 Å². The van der Waals surface area contributed by atoms with Crippen LogP contribution in [0.4, 0.5) is 0 Å². The fourth-order valence-electron chi connectivity index (χ4n) is 1.31. The molecular formula is C9H6BrNO3S. The van der Waals surface area contributed by atoms with Crippen molar-refractivity contribution >= 4 is 43.3 Å². The first-order valence-corrected chi connectivity index (χ1v) is 5.63. The Labute approximate surface area is 96.9 Å². The second kappa shape index (κ2) is 3.46. The van der Waals surface area contributed by atoms with Crippen LogP contribution in [0.1, 0.15) is 9.67 Å². The molecule has 0 aliphatic heterocycles. The number of thiophene rings is 1. The highest BCUT2D eigenvalue weighted by molar-refractivity contribution is 9.10. The second-order valence-electron chi connectivity index (χ2n) is 3.05. The fraction of sp³-hybridized carbons (Fsp3) is 0.111. The Morgan fingerprint density at radius 3 is 2.87 bits per heavy atom. The second-order valence-corrected chi connectivity index (χ2v) is 4.96. The predicted octanol–water partition coefficient (Wildman–Crippen LogP) is 2.06. The number of nitrogens with zero attached hydrogens (tertiary/aromatic N) is 1. The molecule has 1 N–H and O–H groups in total. The molecule has 0 atom stereocenters. The van der Waals surface area contributed by atoms with E-state index < -0.39 is 5.97 Å². The monoisotopic (exact) mass is 287 g/mol.